The van der Waals surface area contributed by atoms with Crippen LogP contribution in [0, 0.1) is 0 Å². The number of hydrogen-bond donors (Lipinski definition) is 1. The lowest BCUT2D eigenvalue weighted by Crippen LogP contribution is -2.29. The van der Waals surface area contributed by atoms with Gasteiger partial charge < -0.3 is 14.6 Å². The number of esters is 1. The molecule has 0 aromatic heterocycles. The average Bonchev–Trinajstić information content (AvgIpc) is 2.08. The molecule has 16 heavy (non-hydrogen) atoms. The Morgan fingerprint density at radius 1 is 1.12 bits per heavy atom. The highest BCUT2D eigenvalue weighted by Crippen LogP contribution is 2.21. The van der Waals surface area contributed by atoms with Crippen LogP contribution in [0.25, 0.3) is 0 Å². The van der Waals surface area contributed by atoms with E-state index >= 15 is 0 Å². The molecule has 1 N–H and O–H groups in total. The standard InChI is InChI=1S/C6H4F6O4/c7-5(8,9)3(13)15-1-2-16-4(14)6(10,11)12/h1-3,13H/b2-1+. The van der Waals surface area contributed by atoms with Crippen LogP contribution in [-0.2, 0) is 14.3 Å². The third-order valence-corrected chi connectivity index (χ3v) is 0.950. The fourth-order valence-electron chi connectivity index (χ4n) is 0.340. The van der Waals surface area contributed by atoms with Crippen LogP contribution in [0.4, 0.5) is 26.3 Å². The molecule has 10 heteroatoms. The van der Waals surface area contributed by atoms with E-state index in [0.29, 0.717) is 0 Å². The number of hydrogen-bond acceptors (Lipinski definition) is 4. The summed E-state index contributed by atoms with van der Waals surface area (Å²) in [6, 6.07) is 0. The highest BCUT2D eigenvalue weighted by Gasteiger charge is 2.41. The minimum absolute atomic E-state index is 0.0399. The quantitative estimate of drug-likeness (QED) is 0.358. The topological polar surface area (TPSA) is 55.8 Å². The molecule has 0 heterocycles. The van der Waals surface area contributed by atoms with E-state index in [0.717, 1.165) is 0 Å². The fraction of sp³-hybridized carbons (Fsp3) is 0.500. The van der Waals surface area contributed by atoms with E-state index in [4.69, 9.17) is 5.11 Å². The van der Waals surface area contributed by atoms with Crippen LogP contribution >= 0.6 is 0 Å². The molecule has 0 amide bonds. The van der Waals surface area contributed by atoms with Gasteiger partial charge in [0.2, 0.25) is 0 Å². The maximum absolute atomic E-state index is 11.5. The minimum Gasteiger partial charge on any atom is -0.460 e. The monoisotopic (exact) mass is 254 g/mol. The molecule has 0 radical (unpaired) electrons. The van der Waals surface area contributed by atoms with Gasteiger partial charge in [-0.3, -0.25) is 0 Å². The number of aliphatic hydroxyl groups excluding tert-OH is 1. The Kier molecular flexibility index (Phi) is 4.60. The maximum atomic E-state index is 11.5. The molecule has 0 aliphatic heterocycles. The van der Waals surface area contributed by atoms with E-state index in [9.17, 15) is 31.1 Å². The number of carbonyl (C=O) groups is 1. The molecule has 0 aromatic carbocycles. The predicted molar refractivity (Wildman–Crippen MR) is 34.4 cm³/mol. The summed E-state index contributed by atoms with van der Waals surface area (Å²) in [7, 11) is 0. The van der Waals surface area contributed by atoms with Gasteiger partial charge in [-0.2, -0.15) is 26.3 Å². The van der Waals surface area contributed by atoms with Gasteiger partial charge in [0.1, 0.15) is 12.5 Å². The summed E-state index contributed by atoms with van der Waals surface area (Å²) >= 11 is 0. The number of alkyl halides is 6. The highest BCUT2D eigenvalue weighted by molar-refractivity contribution is 5.76. The molecule has 0 fully saturated rings. The molecular weight excluding hydrogens is 250 g/mol. The van der Waals surface area contributed by atoms with Gasteiger partial charge >= 0.3 is 18.3 Å². The van der Waals surface area contributed by atoms with Crippen molar-refractivity contribution in [1.29, 1.82) is 0 Å². The first kappa shape index (κ1) is 14.5. The van der Waals surface area contributed by atoms with Gasteiger partial charge in [-0.15, -0.1) is 0 Å². The maximum Gasteiger partial charge on any atom is 0.491 e. The smallest absolute Gasteiger partial charge is 0.460 e. The number of ether oxygens (including phenoxy) is 2. The van der Waals surface area contributed by atoms with Gasteiger partial charge in [-0.1, -0.05) is 0 Å². The average molecular weight is 254 g/mol. The Morgan fingerprint density at radius 2 is 1.62 bits per heavy atom. The fourth-order valence-corrected chi connectivity index (χ4v) is 0.340. The Bertz CT molecular complexity index is 267. The van der Waals surface area contributed by atoms with Crippen molar-refractivity contribution in [2.45, 2.75) is 18.6 Å². The second-order valence-electron chi connectivity index (χ2n) is 2.21. The van der Waals surface area contributed by atoms with Crippen molar-refractivity contribution in [2.75, 3.05) is 0 Å². The van der Waals surface area contributed by atoms with Crippen molar-refractivity contribution in [3.05, 3.63) is 12.5 Å². The molecule has 4 nitrogen and oxygen atoms in total. The van der Waals surface area contributed by atoms with Crippen molar-refractivity contribution >= 4 is 5.97 Å². The van der Waals surface area contributed by atoms with E-state index in [-0.39, 0.29) is 12.5 Å². The highest BCUT2D eigenvalue weighted by atomic mass is 19.4. The van der Waals surface area contributed by atoms with Gasteiger partial charge in [0, 0.05) is 0 Å². The van der Waals surface area contributed by atoms with Crippen molar-refractivity contribution < 1.29 is 45.7 Å². The third kappa shape index (κ3) is 5.44. The molecule has 0 saturated heterocycles. The number of halogens is 6. The van der Waals surface area contributed by atoms with Crippen molar-refractivity contribution in [3.8, 4) is 0 Å². The first-order valence-corrected chi connectivity index (χ1v) is 3.38. The second-order valence-corrected chi connectivity index (χ2v) is 2.21. The van der Waals surface area contributed by atoms with Crippen molar-refractivity contribution in [1.82, 2.24) is 0 Å². The van der Waals surface area contributed by atoms with Crippen LogP contribution in [0.5, 0.6) is 0 Å². The summed E-state index contributed by atoms with van der Waals surface area (Å²) in [5.74, 6) is -2.63. The van der Waals surface area contributed by atoms with E-state index in [1.165, 1.54) is 0 Å². The molecule has 1 atom stereocenters. The Morgan fingerprint density at radius 3 is 2.00 bits per heavy atom. The molecule has 0 aliphatic rings. The summed E-state index contributed by atoms with van der Waals surface area (Å²) in [5, 5.41) is 8.15. The molecule has 0 rings (SSSR count). The van der Waals surface area contributed by atoms with Crippen LogP contribution < -0.4 is 0 Å². The first-order valence-electron chi connectivity index (χ1n) is 3.38. The van der Waals surface area contributed by atoms with Gasteiger partial charge in [0.25, 0.3) is 6.29 Å². The normalized spacial score (nSPS) is 14.9. The zero-order valence-corrected chi connectivity index (χ0v) is 7.17. The lowest BCUT2D eigenvalue weighted by molar-refractivity contribution is -0.278. The molecule has 0 aliphatic carbocycles. The lowest BCUT2D eigenvalue weighted by atomic mass is 10.6. The van der Waals surface area contributed by atoms with Gasteiger partial charge in [-0.05, 0) is 0 Å². The van der Waals surface area contributed by atoms with E-state index < -0.39 is 24.6 Å². The van der Waals surface area contributed by atoms with Crippen LogP contribution in [-0.4, -0.2) is 29.7 Å². The number of rotatable bonds is 3. The Hall–Kier alpha value is -1.45. The SMILES string of the molecule is O=C(O/C=C/OC(O)C(F)(F)F)C(F)(F)F. The van der Waals surface area contributed by atoms with E-state index in [2.05, 4.69) is 9.47 Å². The molecular formula is C6H4F6O4. The van der Waals surface area contributed by atoms with Crippen molar-refractivity contribution in [3.63, 3.8) is 0 Å². The third-order valence-electron chi connectivity index (χ3n) is 0.950. The molecule has 1 unspecified atom stereocenters. The molecule has 0 saturated carbocycles. The largest absolute Gasteiger partial charge is 0.491 e. The first-order chi connectivity index (χ1) is 7.05. The van der Waals surface area contributed by atoms with E-state index in [1.807, 2.05) is 0 Å². The summed E-state index contributed by atoms with van der Waals surface area (Å²) in [6.07, 6.45) is -13.7. The zero-order chi connectivity index (χ0) is 13.0. The van der Waals surface area contributed by atoms with Crippen LogP contribution in [0.1, 0.15) is 0 Å². The Labute approximate surface area is 84.1 Å². The number of aliphatic hydroxyl groups is 1. The van der Waals surface area contributed by atoms with Crippen molar-refractivity contribution in [2.24, 2.45) is 0 Å². The molecule has 0 spiro atoms. The van der Waals surface area contributed by atoms with Gasteiger partial charge in [-0.25, -0.2) is 4.79 Å². The molecule has 0 aromatic rings. The molecule has 94 valence electrons. The van der Waals surface area contributed by atoms with Crippen LogP contribution in [0.3, 0.4) is 0 Å². The summed E-state index contributed by atoms with van der Waals surface area (Å²) in [6.45, 7) is 0. The van der Waals surface area contributed by atoms with E-state index in [1.54, 1.807) is 0 Å². The van der Waals surface area contributed by atoms with Crippen LogP contribution in [0.15, 0.2) is 12.5 Å². The van der Waals surface area contributed by atoms with Gasteiger partial charge in [0.05, 0.1) is 0 Å². The summed E-state index contributed by atoms with van der Waals surface area (Å²) in [5.41, 5.74) is 0. The van der Waals surface area contributed by atoms with Crippen LogP contribution in [0.2, 0.25) is 0 Å². The van der Waals surface area contributed by atoms with Gasteiger partial charge in [0.15, 0.2) is 0 Å². The predicted octanol–water partition coefficient (Wildman–Crippen LogP) is 1.46. The molecule has 0 bridgehead atoms. The summed E-state index contributed by atoms with van der Waals surface area (Å²) in [4.78, 5) is 9.97. The minimum atomic E-state index is -5.27. The Balaban J connectivity index is 4.02. The zero-order valence-electron chi connectivity index (χ0n) is 7.17. The second kappa shape index (κ2) is 5.05. The lowest BCUT2D eigenvalue weighted by Gasteiger charge is -2.12. The number of carbonyl (C=O) groups excluding carboxylic acids is 1. The summed E-state index contributed by atoms with van der Waals surface area (Å²) < 4.78 is 75.7.